The molecule has 0 N–H and O–H groups in total. The van der Waals surface area contributed by atoms with Crippen molar-refractivity contribution in [2.75, 3.05) is 0 Å². The van der Waals surface area contributed by atoms with E-state index in [1.165, 1.54) is 33.6 Å². The number of imidazole rings is 2. The molecule has 0 unspecified atom stereocenters. The third-order valence-electron chi connectivity index (χ3n) is 5.75. The van der Waals surface area contributed by atoms with E-state index in [4.69, 9.17) is 0 Å². The van der Waals surface area contributed by atoms with Crippen LogP contribution in [0.15, 0.2) is 61.4 Å². The second-order valence-electron chi connectivity index (χ2n) is 9.25. The molecule has 2 aromatic heterocycles. The summed E-state index contributed by atoms with van der Waals surface area (Å²) in [6, 6.07) is 13.3. The van der Waals surface area contributed by atoms with Crippen LogP contribution in [0.3, 0.4) is 0 Å². The van der Waals surface area contributed by atoms with Crippen LogP contribution < -0.4 is 0 Å². The van der Waals surface area contributed by atoms with Crippen LogP contribution in [0.1, 0.15) is 80.6 Å². The molecule has 33 heavy (non-hydrogen) atoms. The van der Waals surface area contributed by atoms with E-state index in [1.54, 1.807) is 0 Å². The van der Waals surface area contributed by atoms with Gasteiger partial charge < -0.3 is 9.13 Å². The van der Waals surface area contributed by atoms with Crippen LogP contribution in [-0.4, -0.2) is 19.1 Å². The van der Waals surface area contributed by atoms with E-state index in [2.05, 4.69) is 109 Å². The standard InChI is InChI=1S/2C14H18N2.CH4/c2*1-10(2)13-5-6-14(11(3)7-13)16-8-12(4)15-9-16;/h2*5-10H,1-4H3;1H4. The second-order valence-corrected chi connectivity index (χ2v) is 9.25. The van der Waals surface area contributed by atoms with Gasteiger partial charge in [-0.15, -0.1) is 0 Å². The van der Waals surface area contributed by atoms with Crippen LogP contribution in [0.25, 0.3) is 11.4 Å². The third kappa shape index (κ3) is 6.44. The molecule has 2 heterocycles. The van der Waals surface area contributed by atoms with Crippen LogP contribution >= 0.6 is 0 Å². The molecular formula is C29H40N4. The van der Waals surface area contributed by atoms with Crippen molar-refractivity contribution >= 4 is 0 Å². The molecule has 0 aliphatic heterocycles. The minimum absolute atomic E-state index is 0. The molecule has 0 atom stereocenters. The number of rotatable bonds is 4. The van der Waals surface area contributed by atoms with Gasteiger partial charge in [-0.05, 0) is 73.9 Å². The molecule has 4 rings (SSSR count). The first-order chi connectivity index (χ1) is 15.2. The lowest BCUT2D eigenvalue weighted by molar-refractivity contribution is 0.862. The Hall–Kier alpha value is -3.14. The second kappa shape index (κ2) is 11.1. The fourth-order valence-electron chi connectivity index (χ4n) is 3.76. The molecule has 4 nitrogen and oxygen atoms in total. The first-order valence-corrected chi connectivity index (χ1v) is 11.4. The highest BCUT2D eigenvalue weighted by Crippen LogP contribution is 2.22. The van der Waals surface area contributed by atoms with Crippen molar-refractivity contribution in [1.29, 1.82) is 0 Å². The monoisotopic (exact) mass is 444 g/mol. The van der Waals surface area contributed by atoms with Crippen molar-refractivity contribution in [1.82, 2.24) is 19.1 Å². The number of hydrogen-bond acceptors (Lipinski definition) is 2. The number of benzene rings is 2. The maximum Gasteiger partial charge on any atom is 0.0995 e. The first-order valence-electron chi connectivity index (χ1n) is 11.4. The van der Waals surface area contributed by atoms with Gasteiger partial charge in [0.05, 0.1) is 24.0 Å². The summed E-state index contributed by atoms with van der Waals surface area (Å²) in [4.78, 5) is 8.51. The van der Waals surface area contributed by atoms with Gasteiger partial charge in [-0.1, -0.05) is 59.4 Å². The molecule has 2 aromatic carbocycles. The molecule has 176 valence electrons. The Morgan fingerprint density at radius 3 is 1.21 bits per heavy atom. The largest absolute Gasteiger partial charge is 0.306 e. The lowest BCUT2D eigenvalue weighted by Gasteiger charge is -2.11. The number of aryl methyl sites for hydroxylation is 4. The minimum Gasteiger partial charge on any atom is -0.306 e. The summed E-state index contributed by atoms with van der Waals surface area (Å²) in [7, 11) is 0. The third-order valence-corrected chi connectivity index (χ3v) is 5.75. The van der Waals surface area contributed by atoms with Crippen molar-refractivity contribution in [3.05, 3.63) is 95.1 Å². The van der Waals surface area contributed by atoms with Gasteiger partial charge in [0.15, 0.2) is 0 Å². The summed E-state index contributed by atoms with van der Waals surface area (Å²) in [6.45, 7) is 17.2. The minimum atomic E-state index is 0. The SMILES string of the molecule is C.Cc1cn(-c2ccc(C(C)C)cc2C)cn1.Cc1cn(-c2ccc(C(C)C)cc2C)cn1. The summed E-state index contributed by atoms with van der Waals surface area (Å²) in [6.07, 6.45) is 7.84. The molecule has 4 heteroatoms. The summed E-state index contributed by atoms with van der Waals surface area (Å²) in [5, 5.41) is 0. The Balaban J connectivity index is 0.000000227. The maximum atomic E-state index is 4.25. The molecular weight excluding hydrogens is 404 g/mol. The molecule has 4 aromatic rings. The topological polar surface area (TPSA) is 35.6 Å². The summed E-state index contributed by atoms with van der Waals surface area (Å²) < 4.78 is 4.16. The predicted octanol–water partition coefficient (Wildman–Crippen LogP) is 7.86. The number of nitrogens with zero attached hydrogens (tertiary/aromatic N) is 4. The van der Waals surface area contributed by atoms with Gasteiger partial charge in [-0.2, -0.15) is 0 Å². The summed E-state index contributed by atoms with van der Waals surface area (Å²) in [5.74, 6) is 1.16. The van der Waals surface area contributed by atoms with Crippen molar-refractivity contribution in [2.45, 2.75) is 74.7 Å². The summed E-state index contributed by atoms with van der Waals surface area (Å²) in [5.41, 5.74) is 9.89. The zero-order valence-corrected chi connectivity index (χ0v) is 20.7. The van der Waals surface area contributed by atoms with Crippen LogP contribution in [0, 0.1) is 27.7 Å². The van der Waals surface area contributed by atoms with Gasteiger partial charge in [-0.3, -0.25) is 0 Å². The number of hydrogen-bond donors (Lipinski definition) is 0. The highest BCUT2D eigenvalue weighted by molar-refractivity contribution is 5.44. The Labute approximate surface area is 200 Å². The average molecular weight is 445 g/mol. The molecule has 0 saturated heterocycles. The molecule has 0 bridgehead atoms. The molecule has 0 saturated carbocycles. The van der Waals surface area contributed by atoms with Gasteiger partial charge >= 0.3 is 0 Å². The van der Waals surface area contributed by atoms with E-state index >= 15 is 0 Å². The van der Waals surface area contributed by atoms with E-state index in [0.29, 0.717) is 11.8 Å². The maximum absolute atomic E-state index is 4.25. The van der Waals surface area contributed by atoms with Gasteiger partial charge in [0.2, 0.25) is 0 Å². The molecule has 0 radical (unpaired) electrons. The van der Waals surface area contributed by atoms with Crippen LogP contribution in [0.5, 0.6) is 0 Å². The van der Waals surface area contributed by atoms with Crippen LogP contribution in [0.2, 0.25) is 0 Å². The zero-order chi connectivity index (χ0) is 23.4. The Morgan fingerprint density at radius 2 is 0.970 bits per heavy atom. The van der Waals surface area contributed by atoms with Crippen molar-refractivity contribution in [3.63, 3.8) is 0 Å². The molecule has 0 aliphatic rings. The zero-order valence-electron chi connectivity index (χ0n) is 20.7. The smallest absolute Gasteiger partial charge is 0.0995 e. The molecule has 0 fully saturated rings. The molecule has 0 aliphatic carbocycles. The van der Waals surface area contributed by atoms with Gasteiger partial charge in [0.1, 0.15) is 0 Å². The predicted molar refractivity (Wildman–Crippen MR) is 141 cm³/mol. The van der Waals surface area contributed by atoms with E-state index in [-0.39, 0.29) is 7.43 Å². The quantitative estimate of drug-likeness (QED) is 0.321. The lowest BCUT2D eigenvalue weighted by atomic mass is 10.0. The van der Waals surface area contributed by atoms with Gasteiger partial charge in [0.25, 0.3) is 0 Å². The normalized spacial score (nSPS) is 10.7. The fourth-order valence-corrected chi connectivity index (χ4v) is 3.76. The summed E-state index contributed by atoms with van der Waals surface area (Å²) >= 11 is 0. The van der Waals surface area contributed by atoms with Crippen molar-refractivity contribution in [3.8, 4) is 11.4 Å². The Bertz CT molecular complexity index is 1080. The lowest BCUT2D eigenvalue weighted by Crippen LogP contribution is -1.96. The average Bonchev–Trinajstić information content (AvgIpc) is 3.36. The Kier molecular flexibility index (Phi) is 8.81. The van der Waals surface area contributed by atoms with Gasteiger partial charge in [0, 0.05) is 23.8 Å². The van der Waals surface area contributed by atoms with E-state index in [1.807, 2.05) is 26.5 Å². The molecule has 0 spiro atoms. The Morgan fingerprint density at radius 1 is 0.606 bits per heavy atom. The molecule has 0 amide bonds. The highest BCUT2D eigenvalue weighted by Gasteiger charge is 2.06. The highest BCUT2D eigenvalue weighted by atomic mass is 15.0. The van der Waals surface area contributed by atoms with Crippen LogP contribution in [0.4, 0.5) is 0 Å². The van der Waals surface area contributed by atoms with Crippen molar-refractivity contribution < 1.29 is 0 Å². The van der Waals surface area contributed by atoms with E-state index in [0.717, 1.165) is 11.4 Å². The van der Waals surface area contributed by atoms with E-state index in [9.17, 15) is 0 Å². The first kappa shape index (κ1) is 26.1. The van der Waals surface area contributed by atoms with Crippen LogP contribution in [-0.2, 0) is 0 Å². The number of aromatic nitrogens is 4. The fraction of sp³-hybridized carbons (Fsp3) is 0.379. The van der Waals surface area contributed by atoms with E-state index < -0.39 is 0 Å². The van der Waals surface area contributed by atoms with Gasteiger partial charge in [-0.25, -0.2) is 9.97 Å². The van der Waals surface area contributed by atoms with Crippen molar-refractivity contribution in [2.24, 2.45) is 0 Å².